The lowest BCUT2D eigenvalue weighted by Gasteiger charge is -2.02. The van der Waals surface area contributed by atoms with Gasteiger partial charge in [0.05, 0.1) is 10.6 Å². The molecule has 0 saturated carbocycles. The molecule has 0 aliphatic carbocycles. The Morgan fingerprint density at radius 3 is 2.56 bits per heavy atom. The molecule has 0 amide bonds. The van der Waals surface area contributed by atoms with Crippen molar-refractivity contribution in [2.75, 3.05) is 0 Å². The fourth-order valence-corrected chi connectivity index (χ4v) is 3.58. The van der Waals surface area contributed by atoms with Gasteiger partial charge in [-0.2, -0.15) is 12.8 Å². The second kappa shape index (κ2) is 4.03. The van der Waals surface area contributed by atoms with Crippen molar-refractivity contribution >= 4 is 31.7 Å². The lowest BCUT2D eigenvalue weighted by molar-refractivity contribution is 0.599. The Balaban J connectivity index is 2.27. The maximum atomic E-state index is 11.9. The Morgan fingerprint density at radius 1 is 1.00 bits per heavy atom. The van der Waals surface area contributed by atoms with Gasteiger partial charge in [0.15, 0.2) is 0 Å². The Kier molecular flexibility index (Phi) is 2.60. The number of sulfonamides is 1. The SMILES string of the molecule is O=S1(=O)N=C(c2cccc(Br)c2)c2ccccc21. The summed E-state index contributed by atoms with van der Waals surface area (Å²) in [6.07, 6.45) is 0. The molecule has 2 aromatic carbocycles. The second-order valence-electron chi connectivity index (χ2n) is 3.92. The summed E-state index contributed by atoms with van der Waals surface area (Å²) in [6, 6.07) is 14.3. The van der Waals surface area contributed by atoms with E-state index < -0.39 is 10.0 Å². The van der Waals surface area contributed by atoms with Crippen molar-refractivity contribution in [1.29, 1.82) is 0 Å². The van der Waals surface area contributed by atoms with E-state index in [1.165, 1.54) is 0 Å². The molecule has 0 atom stereocenters. The van der Waals surface area contributed by atoms with Crippen molar-refractivity contribution in [2.24, 2.45) is 4.40 Å². The molecule has 1 aliphatic heterocycles. The van der Waals surface area contributed by atoms with E-state index in [-0.39, 0.29) is 4.90 Å². The molecule has 0 aromatic heterocycles. The van der Waals surface area contributed by atoms with Crippen LogP contribution in [0, 0.1) is 0 Å². The lowest BCUT2D eigenvalue weighted by Crippen LogP contribution is -1.99. The zero-order chi connectivity index (χ0) is 12.8. The molecule has 1 aliphatic rings. The molecule has 0 N–H and O–H groups in total. The van der Waals surface area contributed by atoms with Crippen LogP contribution in [0.3, 0.4) is 0 Å². The number of hydrogen-bond donors (Lipinski definition) is 0. The zero-order valence-corrected chi connectivity index (χ0v) is 11.6. The monoisotopic (exact) mass is 321 g/mol. The Morgan fingerprint density at radius 2 is 1.78 bits per heavy atom. The fraction of sp³-hybridized carbons (Fsp3) is 0. The standard InChI is InChI=1S/C13H8BrNO2S/c14-10-5-3-4-9(8-10)13-11-6-1-2-7-12(11)18(16,17)15-13/h1-8H. The fourth-order valence-electron chi connectivity index (χ4n) is 1.95. The van der Waals surface area contributed by atoms with Crippen molar-refractivity contribution < 1.29 is 8.42 Å². The van der Waals surface area contributed by atoms with Gasteiger partial charge in [0.25, 0.3) is 10.0 Å². The average Bonchev–Trinajstić information content (AvgIpc) is 2.63. The Bertz CT molecular complexity index is 766. The van der Waals surface area contributed by atoms with Gasteiger partial charge in [0.1, 0.15) is 0 Å². The first-order valence-electron chi connectivity index (χ1n) is 5.28. The van der Waals surface area contributed by atoms with Crippen LogP contribution in [0.25, 0.3) is 0 Å². The van der Waals surface area contributed by atoms with Gasteiger partial charge in [0, 0.05) is 15.6 Å². The van der Waals surface area contributed by atoms with E-state index in [1.807, 2.05) is 30.3 Å². The molecule has 0 bridgehead atoms. The summed E-state index contributed by atoms with van der Waals surface area (Å²) in [4.78, 5) is 0.278. The first kappa shape index (κ1) is 11.6. The summed E-state index contributed by atoms with van der Waals surface area (Å²) in [5.74, 6) is 0. The number of hydrogen-bond acceptors (Lipinski definition) is 2. The highest BCUT2D eigenvalue weighted by Crippen LogP contribution is 2.29. The number of rotatable bonds is 1. The van der Waals surface area contributed by atoms with Gasteiger partial charge in [-0.25, -0.2) is 0 Å². The van der Waals surface area contributed by atoms with Crippen molar-refractivity contribution in [3.05, 3.63) is 64.1 Å². The largest absolute Gasteiger partial charge is 0.283 e. The highest BCUT2D eigenvalue weighted by Gasteiger charge is 2.28. The maximum absolute atomic E-state index is 11.9. The van der Waals surface area contributed by atoms with Gasteiger partial charge in [-0.3, -0.25) is 0 Å². The smallest absolute Gasteiger partial charge is 0.199 e. The topological polar surface area (TPSA) is 46.5 Å². The quantitative estimate of drug-likeness (QED) is 0.810. The van der Waals surface area contributed by atoms with Crippen LogP contribution in [0.4, 0.5) is 0 Å². The normalized spacial score (nSPS) is 16.2. The molecule has 1 heterocycles. The molecule has 90 valence electrons. The molecule has 3 rings (SSSR count). The lowest BCUT2D eigenvalue weighted by atomic mass is 10.0. The molecule has 5 heteroatoms. The molecule has 0 unspecified atom stereocenters. The maximum Gasteiger partial charge on any atom is 0.283 e. The molecule has 3 nitrogen and oxygen atoms in total. The number of fused-ring (bicyclic) bond motifs is 1. The van der Waals surface area contributed by atoms with Crippen LogP contribution in [0.2, 0.25) is 0 Å². The predicted octanol–water partition coefficient (Wildman–Crippen LogP) is 2.99. The third kappa shape index (κ3) is 1.79. The molecular formula is C13H8BrNO2S. The molecule has 0 fully saturated rings. The zero-order valence-electron chi connectivity index (χ0n) is 9.17. The predicted molar refractivity (Wildman–Crippen MR) is 73.4 cm³/mol. The number of halogens is 1. The van der Waals surface area contributed by atoms with E-state index in [1.54, 1.807) is 18.2 Å². The van der Waals surface area contributed by atoms with Crippen LogP contribution in [0.5, 0.6) is 0 Å². The molecular weight excluding hydrogens is 314 g/mol. The van der Waals surface area contributed by atoms with Crippen molar-refractivity contribution in [1.82, 2.24) is 0 Å². The van der Waals surface area contributed by atoms with Crippen LogP contribution >= 0.6 is 15.9 Å². The summed E-state index contributed by atoms with van der Waals surface area (Å²) in [5, 5.41) is 0. The summed E-state index contributed by atoms with van der Waals surface area (Å²) in [5.41, 5.74) is 1.96. The van der Waals surface area contributed by atoms with E-state index >= 15 is 0 Å². The number of nitrogens with zero attached hydrogens (tertiary/aromatic N) is 1. The van der Waals surface area contributed by atoms with Crippen molar-refractivity contribution in [3.8, 4) is 0 Å². The van der Waals surface area contributed by atoms with E-state index in [0.717, 1.165) is 10.0 Å². The van der Waals surface area contributed by atoms with E-state index in [2.05, 4.69) is 20.3 Å². The van der Waals surface area contributed by atoms with Gasteiger partial charge >= 0.3 is 0 Å². The summed E-state index contributed by atoms with van der Waals surface area (Å²) in [7, 11) is -3.54. The third-order valence-corrected chi connectivity index (χ3v) is 4.56. The van der Waals surface area contributed by atoms with Crippen LogP contribution < -0.4 is 0 Å². The summed E-state index contributed by atoms with van der Waals surface area (Å²) < 4.78 is 28.6. The van der Waals surface area contributed by atoms with Crippen LogP contribution in [0.1, 0.15) is 11.1 Å². The highest BCUT2D eigenvalue weighted by atomic mass is 79.9. The molecule has 0 saturated heterocycles. The first-order valence-corrected chi connectivity index (χ1v) is 7.51. The second-order valence-corrected chi connectivity index (χ2v) is 6.41. The van der Waals surface area contributed by atoms with Gasteiger partial charge in [-0.1, -0.05) is 46.3 Å². The first-order chi connectivity index (χ1) is 8.58. The average molecular weight is 322 g/mol. The minimum Gasteiger partial charge on any atom is -0.199 e. The highest BCUT2D eigenvalue weighted by molar-refractivity contribution is 9.10. The molecule has 0 radical (unpaired) electrons. The van der Waals surface area contributed by atoms with E-state index in [4.69, 9.17) is 0 Å². The van der Waals surface area contributed by atoms with Crippen LogP contribution in [0.15, 0.2) is 62.3 Å². The van der Waals surface area contributed by atoms with Crippen molar-refractivity contribution in [2.45, 2.75) is 4.90 Å². The minimum atomic E-state index is -3.54. The van der Waals surface area contributed by atoms with Gasteiger partial charge < -0.3 is 0 Å². The van der Waals surface area contributed by atoms with Crippen molar-refractivity contribution in [3.63, 3.8) is 0 Å². The van der Waals surface area contributed by atoms with Gasteiger partial charge in [-0.05, 0) is 18.2 Å². The summed E-state index contributed by atoms with van der Waals surface area (Å²) >= 11 is 3.37. The van der Waals surface area contributed by atoms with Gasteiger partial charge in [0.2, 0.25) is 0 Å². The Labute approximate surface area is 113 Å². The minimum absolute atomic E-state index is 0.278. The van der Waals surface area contributed by atoms with Crippen LogP contribution in [-0.4, -0.2) is 14.1 Å². The van der Waals surface area contributed by atoms with E-state index in [9.17, 15) is 8.42 Å². The van der Waals surface area contributed by atoms with Crippen LogP contribution in [-0.2, 0) is 10.0 Å². The number of benzene rings is 2. The third-order valence-electron chi connectivity index (χ3n) is 2.73. The molecule has 18 heavy (non-hydrogen) atoms. The van der Waals surface area contributed by atoms with Gasteiger partial charge in [-0.15, -0.1) is 0 Å². The molecule has 2 aromatic rings. The van der Waals surface area contributed by atoms with E-state index in [0.29, 0.717) is 11.3 Å². The Hall–Kier alpha value is -1.46. The molecule has 0 spiro atoms. The summed E-state index contributed by atoms with van der Waals surface area (Å²) in [6.45, 7) is 0.